The van der Waals surface area contributed by atoms with Crippen molar-refractivity contribution in [3.05, 3.63) is 70.4 Å². The minimum Gasteiger partial charge on any atom is -0.451 e. The van der Waals surface area contributed by atoms with Gasteiger partial charge >= 0.3 is 5.97 Å². The van der Waals surface area contributed by atoms with Crippen LogP contribution in [0.2, 0.25) is 0 Å². The summed E-state index contributed by atoms with van der Waals surface area (Å²) in [6.07, 6.45) is -1.04. The van der Waals surface area contributed by atoms with E-state index in [-0.39, 0.29) is 17.5 Å². The molecule has 11 nitrogen and oxygen atoms in total. The zero-order valence-corrected chi connectivity index (χ0v) is 19.2. The van der Waals surface area contributed by atoms with Crippen molar-refractivity contribution in [2.45, 2.75) is 37.8 Å². The lowest BCUT2D eigenvalue weighted by Crippen LogP contribution is -2.45. The van der Waals surface area contributed by atoms with Crippen LogP contribution in [-0.2, 0) is 19.6 Å². The van der Waals surface area contributed by atoms with Crippen molar-refractivity contribution < 1.29 is 31.7 Å². The minimum absolute atomic E-state index is 0.0495. The van der Waals surface area contributed by atoms with Crippen LogP contribution in [0, 0.1) is 21.8 Å². The molecule has 1 heterocycles. The van der Waals surface area contributed by atoms with Gasteiger partial charge in [0.1, 0.15) is 16.8 Å². The topological polar surface area (TPSA) is 155 Å². The number of nitro benzene ring substituents is 1. The third-order valence-electron chi connectivity index (χ3n) is 4.74. The number of nitrogens with one attached hydrogen (secondary N) is 1. The maximum atomic E-state index is 14.0. The Morgan fingerprint density at radius 3 is 2.35 bits per heavy atom. The molecule has 1 N–H and O–H groups in total. The van der Waals surface area contributed by atoms with E-state index in [2.05, 4.69) is 14.9 Å². The van der Waals surface area contributed by atoms with Crippen LogP contribution < -0.4 is 4.72 Å². The lowest BCUT2D eigenvalue weighted by molar-refractivity contribution is -0.384. The van der Waals surface area contributed by atoms with Crippen molar-refractivity contribution in [3.8, 4) is 11.5 Å². The fourth-order valence-corrected chi connectivity index (χ4v) is 4.30. The van der Waals surface area contributed by atoms with Crippen molar-refractivity contribution in [3.63, 3.8) is 0 Å². The van der Waals surface area contributed by atoms with E-state index in [9.17, 15) is 27.7 Å². The molecule has 13 heteroatoms. The van der Waals surface area contributed by atoms with Crippen molar-refractivity contribution in [2.75, 3.05) is 0 Å². The Kier molecular flexibility index (Phi) is 7.37. The number of ether oxygens (including phenoxy) is 1. The molecule has 3 aromatic rings. The molecule has 0 bridgehead atoms. The molecule has 2 aromatic carbocycles. The molecule has 180 valence electrons. The Morgan fingerprint density at radius 2 is 1.76 bits per heavy atom. The molecular weight excluding hydrogens is 471 g/mol. The molecule has 0 saturated heterocycles. The van der Waals surface area contributed by atoms with E-state index in [1.54, 1.807) is 13.8 Å². The van der Waals surface area contributed by atoms with Gasteiger partial charge in [-0.3, -0.25) is 14.9 Å². The molecule has 0 aliphatic rings. The molecule has 3 rings (SSSR count). The normalized spacial score (nSPS) is 13.4. The quantitative estimate of drug-likeness (QED) is 0.269. The van der Waals surface area contributed by atoms with Gasteiger partial charge in [0.15, 0.2) is 6.10 Å². The standard InChI is InChI=1S/C21H21FN4O7S/c1-12(2)18(25-34(30,31)17-7-5-4-6-16(17)22)21(27)32-13(3)19-23-24-20(33-19)14-8-10-15(11-9-14)26(28)29/h4-13,18,25H,1-3H3/t13?,18-/m0/s1. The second kappa shape index (κ2) is 10.1. The molecule has 1 unspecified atom stereocenters. The number of aromatic nitrogens is 2. The van der Waals surface area contributed by atoms with Gasteiger partial charge in [-0.05, 0) is 37.1 Å². The molecule has 0 aliphatic carbocycles. The smallest absolute Gasteiger partial charge is 0.325 e. The van der Waals surface area contributed by atoms with Crippen LogP contribution >= 0.6 is 0 Å². The zero-order valence-electron chi connectivity index (χ0n) is 18.3. The number of nitro groups is 1. The Hall–Kier alpha value is -3.71. The van der Waals surface area contributed by atoms with Crippen LogP contribution in [0.4, 0.5) is 10.1 Å². The predicted molar refractivity (Wildman–Crippen MR) is 116 cm³/mol. The highest BCUT2D eigenvalue weighted by atomic mass is 32.2. The molecular formula is C21H21FN4O7S. The van der Waals surface area contributed by atoms with Gasteiger partial charge in [-0.1, -0.05) is 26.0 Å². The number of hydrogen-bond donors (Lipinski definition) is 1. The summed E-state index contributed by atoms with van der Waals surface area (Å²) in [7, 11) is -4.35. The second-order valence-electron chi connectivity index (χ2n) is 7.60. The Balaban J connectivity index is 1.73. The molecule has 2 atom stereocenters. The average Bonchev–Trinajstić information content (AvgIpc) is 3.28. The van der Waals surface area contributed by atoms with E-state index in [1.807, 2.05) is 0 Å². The molecule has 0 amide bonds. The molecule has 0 radical (unpaired) electrons. The number of non-ortho nitro benzene ring substituents is 1. The highest BCUT2D eigenvalue weighted by molar-refractivity contribution is 7.89. The number of carbonyl (C=O) groups excluding carboxylic acids is 1. The number of hydrogen-bond acceptors (Lipinski definition) is 9. The van der Waals surface area contributed by atoms with Crippen LogP contribution in [0.25, 0.3) is 11.5 Å². The Labute approximate surface area is 194 Å². The number of rotatable bonds is 9. The number of sulfonamides is 1. The molecule has 0 spiro atoms. The number of carbonyl (C=O) groups is 1. The van der Waals surface area contributed by atoms with Gasteiger partial charge in [0.2, 0.25) is 15.9 Å². The van der Waals surface area contributed by atoms with E-state index < -0.39 is 49.7 Å². The fraction of sp³-hybridized carbons (Fsp3) is 0.286. The first-order chi connectivity index (χ1) is 16.0. The Bertz CT molecular complexity index is 1290. The first kappa shape index (κ1) is 24.9. The van der Waals surface area contributed by atoms with Gasteiger partial charge in [0.25, 0.3) is 11.6 Å². The van der Waals surface area contributed by atoms with Crippen LogP contribution in [0.5, 0.6) is 0 Å². The molecule has 0 fully saturated rings. The summed E-state index contributed by atoms with van der Waals surface area (Å²) in [6, 6.07) is 8.88. The molecule has 0 saturated carbocycles. The summed E-state index contributed by atoms with van der Waals surface area (Å²) in [5.41, 5.74) is 0.309. The van der Waals surface area contributed by atoms with Crippen LogP contribution in [-0.4, -0.2) is 35.5 Å². The van der Waals surface area contributed by atoms with E-state index in [0.29, 0.717) is 5.56 Å². The molecule has 34 heavy (non-hydrogen) atoms. The summed E-state index contributed by atoms with van der Waals surface area (Å²) < 4.78 is 52.2. The van der Waals surface area contributed by atoms with Gasteiger partial charge in [-0.15, -0.1) is 10.2 Å². The van der Waals surface area contributed by atoms with Gasteiger partial charge < -0.3 is 9.15 Å². The number of esters is 1. The van der Waals surface area contributed by atoms with Crippen LogP contribution in [0.15, 0.2) is 57.8 Å². The molecule has 0 aliphatic heterocycles. The van der Waals surface area contributed by atoms with E-state index in [0.717, 1.165) is 12.1 Å². The summed E-state index contributed by atoms with van der Waals surface area (Å²) in [5.74, 6) is -2.42. The predicted octanol–water partition coefficient (Wildman–Crippen LogP) is 3.39. The number of nitrogens with zero attached hydrogens (tertiary/aromatic N) is 3. The van der Waals surface area contributed by atoms with Gasteiger partial charge in [0, 0.05) is 17.7 Å². The summed E-state index contributed by atoms with van der Waals surface area (Å²) in [4.78, 5) is 22.4. The number of halogens is 1. The van der Waals surface area contributed by atoms with E-state index in [4.69, 9.17) is 9.15 Å². The first-order valence-corrected chi connectivity index (χ1v) is 11.5. The van der Waals surface area contributed by atoms with Crippen LogP contribution in [0.1, 0.15) is 32.8 Å². The van der Waals surface area contributed by atoms with Crippen molar-refractivity contribution in [1.29, 1.82) is 0 Å². The lowest BCUT2D eigenvalue weighted by atomic mass is 10.1. The highest BCUT2D eigenvalue weighted by Gasteiger charge is 2.33. The largest absolute Gasteiger partial charge is 0.451 e. The summed E-state index contributed by atoms with van der Waals surface area (Å²) >= 11 is 0. The SMILES string of the molecule is CC(OC(=O)[C@@H](NS(=O)(=O)c1ccccc1F)C(C)C)c1nnc(-c2ccc([N+](=O)[O-])cc2)o1. The highest BCUT2D eigenvalue weighted by Crippen LogP contribution is 2.25. The second-order valence-corrected chi connectivity index (χ2v) is 9.28. The lowest BCUT2D eigenvalue weighted by Gasteiger charge is -2.22. The maximum Gasteiger partial charge on any atom is 0.325 e. The average molecular weight is 492 g/mol. The van der Waals surface area contributed by atoms with Crippen molar-refractivity contribution >= 4 is 21.7 Å². The van der Waals surface area contributed by atoms with Gasteiger partial charge in [-0.25, -0.2) is 12.8 Å². The third kappa shape index (κ3) is 5.61. The minimum atomic E-state index is -4.35. The maximum absolute atomic E-state index is 14.0. The summed E-state index contributed by atoms with van der Waals surface area (Å²) in [5, 5.41) is 18.4. The van der Waals surface area contributed by atoms with Gasteiger partial charge in [0.05, 0.1) is 4.92 Å². The fourth-order valence-electron chi connectivity index (χ4n) is 2.89. The zero-order chi connectivity index (χ0) is 25.0. The van der Waals surface area contributed by atoms with E-state index >= 15 is 0 Å². The Morgan fingerprint density at radius 1 is 1.12 bits per heavy atom. The van der Waals surface area contributed by atoms with E-state index in [1.165, 1.54) is 43.3 Å². The molecule has 1 aromatic heterocycles. The van der Waals surface area contributed by atoms with Crippen LogP contribution in [0.3, 0.4) is 0 Å². The monoisotopic (exact) mass is 492 g/mol. The number of benzene rings is 2. The van der Waals surface area contributed by atoms with Crippen molar-refractivity contribution in [2.24, 2.45) is 5.92 Å². The summed E-state index contributed by atoms with van der Waals surface area (Å²) in [6.45, 7) is 4.65. The van der Waals surface area contributed by atoms with Gasteiger partial charge in [-0.2, -0.15) is 4.72 Å². The van der Waals surface area contributed by atoms with Crippen molar-refractivity contribution in [1.82, 2.24) is 14.9 Å². The third-order valence-corrected chi connectivity index (χ3v) is 6.21. The first-order valence-electron chi connectivity index (χ1n) is 10.0.